The highest BCUT2D eigenvalue weighted by atomic mass is 16.4. The van der Waals surface area contributed by atoms with Gasteiger partial charge in [-0.3, -0.25) is 0 Å². The molecule has 2 heteroatoms. The zero-order chi connectivity index (χ0) is 12.8. The van der Waals surface area contributed by atoms with Crippen molar-refractivity contribution in [3.63, 3.8) is 0 Å². The Kier molecular flexibility index (Phi) is 3.92. The molecule has 0 aliphatic heterocycles. The minimum Gasteiger partial charge on any atom is -0.410 e. The molecule has 0 aromatic heterocycles. The van der Waals surface area contributed by atoms with Crippen molar-refractivity contribution < 1.29 is 5.21 Å². The average molecular weight is 237 g/mol. The summed E-state index contributed by atoms with van der Waals surface area (Å²) in [5.41, 5.74) is 3.75. The molecule has 0 heterocycles. The molecule has 0 aliphatic carbocycles. The lowest BCUT2D eigenvalue weighted by Crippen LogP contribution is -1.95. The van der Waals surface area contributed by atoms with Gasteiger partial charge in [-0.2, -0.15) is 0 Å². The summed E-state index contributed by atoms with van der Waals surface area (Å²) >= 11 is 0. The summed E-state index contributed by atoms with van der Waals surface area (Å²) in [6.07, 6.45) is 3.74. The molecule has 2 aromatic rings. The predicted molar refractivity (Wildman–Crippen MR) is 75.0 cm³/mol. The lowest BCUT2D eigenvalue weighted by Gasteiger charge is -1.99. The minimum atomic E-state index is 0.552. The Labute approximate surface area is 107 Å². The second-order valence-corrected chi connectivity index (χ2v) is 4.10. The first-order valence-corrected chi connectivity index (χ1v) is 5.82. The molecule has 18 heavy (non-hydrogen) atoms. The summed E-state index contributed by atoms with van der Waals surface area (Å²) in [4.78, 5) is 0. The molecule has 0 unspecified atom stereocenters. The molecule has 2 rings (SSSR count). The van der Waals surface area contributed by atoms with Crippen LogP contribution in [-0.4, -0.2) is 10.9 Å². The fraction of sp³-hybridized carbons (Fsp3) is 0.0625. The second kappa shape index (κ2) is 5.82. The summed E-state index contributed by atoms with van der Waals surface area (Å²) < 4.78 is 0. The maximum Gasteiger partial charge on any atom is 0.109 e. The van der Waals surface area contributed by atoms with Crippen molar-refractivity contribution in [2.24, 2.45) is 5.16 Å². The van der Waals surface area contributed by atoms with E-state index < -0.39 is 0 Å². The molecule has 0 saturated carbocycles. The van der Waals surface area contributed by atoms with Gasteiger partial charge >= 0.3 is 0 Å². The van der Waals surface area contributed by atoms with Crippen molar-refractivity contribution in [1.82, 2.24) is 0 Å². The number of oxime groups is 1. The van der Waals surface area contributed by atoms with Crippen LogP contribution in [-0.2, 0) is 0 Å². The average Bonchev–Trinajstić information content (AvgIpc) is 2.43. The molecule has 0 spiro atoms. The van der Waals surface area contributed by atoms with E-state index in [1.807, 2.05) is 48.5 Å². The molecule has 1 N–H and O–H groups in total. The predicted octanol–water partition coefficient (Wildman–Crippen LogP) is 3.89. The van der Waals surface area contributed by atoms with Gasteiger partial charge in [-0.1, -0.05) is 71.4 Å². The number of hydrogen-bond donors (Lipinski definition) is 1. The van der Waals surface area contributed by atoms with Crippen molar-refractivity contribution in [1.29, 1.82) is 0 Å². The van der Waals surface area contributed by atoms with Crippen LogP contribution in [0, 0.1) is 6.92 Å². The molecule has 90 valence electrons. The first kappa shape index (κ1) is 12.1. The molecular weight excluding hydrogens is 222 g/mol. The summed E-state index contributed by atoms with van der Waals surface area (Å²) in [5.74, 6) is 0. The number of benzene rings is 2. The lowest BCUT2D eigenvalue weighted by atomic mass is 10.1. The van der Waals surface area contributed by atoms with Crippen LogP contribution in [0.25, 0.3) is 6.08 Å². The van der Waals surface area contributed by atoms with Gasteiger partial charge in [0.15, 0.2) is 0 Å². The fourth-order valence-corrected chi connectivity index (χ4v) is 1.65. The summed E-state index contributed by atoms with van der Waals surface area (Å²) in [7, 11) is 0. The van der Waals surface area contributed by atoms with Gasteiger partial charge < -0.3 is 5.21 Å². The third-order valence-corrected chi connectivity index (χ3v) is 2.69. The van der Waals surface area contributed by atoms with Crippen LogP contribution in [0.15, 0.2) is 65.8 Å². The van der Waals surface area contributed by atoms with E-state index in [0.29, 0.717) is 5.71 Å². The van der Waals surface area contributed by atoms with E-state index in [1.54, 1.807) is 6.08 Å². The van der Waals surface area contributed by atoms with Gasteiger partial charge in [-0.05, 0) is 18.6 Å². The minimum absolute atomic E-state index is 0.552. The van der Waals surface area contributed by atoms with Gasteiger partial charge in [0.25, 0.3) is 0 Å². The Hall–Kier alpha value is -2.35. The Morgan fingerprint density at radius 2 is 1.67 bits per heavy atom. The number of rotatable bonds is 3. The van der Waals surface area contributed by atoms with Crippen molar-refractivity contribution in [2.45, 2.75) is 6.92 Å². The fourth-order valence-electron chi connectivity index (χ4n) is 1.65. The smallest absolute Gasteiger partial charge is 0.109 e. The highest BCUT2D eigenvalue weighted by molar-refractivity contribution is 6.10. The molecule has 2 nitrogen and oxygen atoms in total. The van der Waals surface area contributed by atoms with Crippen LogP contribution in [0.5, 0.6) is 0 Å². The quantitative estimate of drug-likeness (QED) is 0.490. The molecule has 0 atom stereocenters. The van der Waals surface area contributed by atoms with Crippen LogP contribution >= 0.6 is 0 Å². The number of allylic oxidation sites excluding steroid dienone is 1. The highest BCUT2D eigenvalue weighted by Gasteiger charge is 1.98. The summed E-state index contributed by atoms with van der Waals surface area (Å²) in [6, 6.07) is 17.8. The number of hydrogen-bond acceptors (Lipinski definition) is 2. The first-order chi connectivity index (χ1) is 8.79. The van der Waals surface area contributed by atoms with Crippen LogP contribution < -0.4 is 0 Å². The van der Waals surface area contributed by atoms with Crippen molar-refractivity contribution in [2.75, 3.05) is 0 Å². The van der Waals surface area contributed by atoms with Crippen molar-refractivity contribution in [3.8, 4) is 0 Å². The van der Waals surface area contributed by atoms with Crippen molar-refractivity contribution >= 4 is 11.8 Å². The van der Waals surface area contributed by atoms with E-state index in [1.165, 1.54) is 5.56 Å². The molecular formula is C16H15NO. The summed E-state index contributed by atoms with van der Waals surface area (Å²) in [5, 5.41) is 12.4. The van der Waals surface area contributed by atoms with E-state index in [0.717, 1.165) is 11.1 Å². The molecule has 0 saturated heterocycles. The second-order valence-electron chi connectivity index (χ2n) is 4.10. The largest absolute Gasteiger partial charge is 0.410 e. The van der Waals surface area contributed by atoms with Crippen LogP contribution in [0.3, 0.4) is 0 Å². The molecule has 0 aliphatic rings. The van der Waals surface area contributed by atoms with E-state index >= 15 is 0 Å². The maximum absolute atomic E-state index is 9.04. The van der Waals surface area contributed by atoms with Gasteiger partial charge in [0, 0.05) is 5.56 Å². The van der Waals surface area contributed by atoms with E-state index in [2.05, 4.69) is 24.2 Å². The van der Waals surface area contributed by atoms with E-state index in [9.17, 15) is 0 Å². The van der Waals surface area contributed by atoms with Gasteiger partial charge in [0.2, 0.25) is 0 Å². The maximum atomic E-state index is 9.04. The van der Waals surface area contributed by atoms with Crippen LogP contribution in [0.2, 0.25) is 0 Å². The van der Waals surface area contributed by atoms with Crippen molar-refractivity contribution in [3.05, 3.63) is 77.4 Å². The molecule has 0 fully saturated rings. The third kappa shape index (κ3) is 3.08. The van der Waals surface area contributed by atoms with E-state index in [4.69, 9.17) is 5.21 Å². The number of nitrogens with zero attached hydrogens (tertiary/aromatic N) is 1. The molecule has 0 bridgehead atoms. The first-order valence-electron chi connectivity index (χ1n) is 5.82. The Morgan fingerprint density at radius 3 is 2.28 bits per heavy atom. The Balaban J connectivity index is 2.19. The lowest BCUT2D eigenvalue weighted by molar-refractivity contribution is 0.320. The standard InChI is InChI=1S/C16H15NO/c1-13-7-9-14(10-8-13)11-12-16(17-18)15-5-3-2-4-6-15/h2-12,18H,1H3/b12-11-,17-16+. The van der Waals surface area contributed by atoms with Crippen LogP contribution in [0.4, 0.5) is 0 Å². The van der Waals surface area contributed by atoms with Gasteiger partial charge in [-0.25, -0.2) is 0 Å². The third-order valence-electron chi connectivity index (χ3n) is 2.69. The summed E-state index contributed by atoms with van der Waals surface area (Å²) in [6.45, 7) is 2.05. The Morgan fingerprint density at radius 1 is 1.00 bits per heavy atom. The van der Waals surface area contributed by atoms with Gasteiger partial charge in [0.05, 0.1) is 0 Å². The van der Waals surface area contributed by atoms with Crippen LogP contribution in [0.1, 0.15) is 16.7 Å². The SMILES string of the molecule is Cc1ccc(/C=C\C(=N/O)c2ccccc2)cc1. The zero-order valence-corrected chi connectivity index (χ0v) is 10.2. The van der Waals surface area contributed by atoms with Gasteiger partial charge in [-0.15, -0.1) is 0 Å². The topological polar surface area (TPSA) is 32.6 Å². The Bertz CT molecular complexity index is 553. The molecule has 0 radical (unpaired) electrons. The normalized spacial score (nSPS) is 11.9. The van der Waals surface area contributed by atoms with E-state index in [-0.39, 0.29) is 0 Å². The van der Waals surface area contributed by atoms with Gasteiger partial charge in [0.1, 0.15) is 5.71 Å². The number of aryl methyl sites for hydroxylation is 1. The molecule has 2 aromatic carbocycles. The molecule has 0 amide bonds. The zero-order valence-electron chi connectivity index (χ0n) is 10.2. The highest BCUT2D eigenvalue weighted by Crippen LogP contribution is 2.08. The monoisotopic (exact) mass is 237 g/mol.